The molecular formula is C20H28ClNO2. The molecule has 0 N–H and O–H groups in total. The molecule has 1 aromatic carbocycles. The number of halogens is 1. The van der Waals surface area contributed by atoms with Crippen molar-refractivity contribution in [1.29, 1.82) is 0 Å². The van der Waals surface area contributed by atoms with E-state index in [0.717, 1.165) is 5.56 Å². The fourth-order valence-electron chi connectivity index (χ4n) is 2.16. The van der Waals surface area contributed by atoms with Crippen molar-refractivity contribution in [3.05, 3.63) is 57.9 Å². The van der Waals surface area contributed by atoms with Gasteiger partial charge < -0.3 is 4.57 Å². The third kappa shape index (κ3) is 5.64. The van der Waals surface area contributed by atoms with Gasteiger partial charge in [-0.05, 0) is 42.8 Å². The quantitative estimate of drug-likeness (QED) is 0.650. The molecule has 0 unspecified atom stereocenters. The van der Waals surface area contributed by atoms with Crippen LogP contribution in [0.1, 0.15) is 73.1 Å². The summed E-state index contributed by atoms with van der Waals surface area (Å²) in [5.74, 6) is -0.162. The van der Waals surface area contributed by atoms with E-state index in [1.807, 2.05) is 20.8 Å². The molecule has 0 amide bonds. The van der Waals surface area contributed by atoms with E-state index in [9.17, 15) is 9.59 Å². The number of carbonyl (C=O) groups excluding carboxylic acids is 2. The van der Waals surface area contributed by atoms with Crippen molar-refractivity contribution in [2.45, 2.75) is 48.0 Å². The van der Waals surface area contributed by atoms with E-state index in [-0.39, 0.29) is 11.6 Å². The van der Waals surface area contributed by atoms with Crippen molar-refractivity contribution in [1.82, 2.24) is 4.57 Å². The average molecular weight is 350 g/mol. The Morgan fingerprint density at radius 2 is 1.54 bits per heavy atom. The van der Waals surface area contributed by atoms with Crippen LogP contribution in [0.3, 0.4) is 0 Å². The molecule has 0 saturated carbocycles. The average Bonchev–Trinajstić information content (AvgIpc) is 2.85. The summed E-state index contributed by atoms with van der Waals surface area (Å²) in [5.41, 5.74) is 2.43. The smallest absolute Gasteiger partial charge is 0.209 e. The highest BCUT2D eigenvalue weighted by molar-refractivity contribution is 6.30. The first kappa shape index (κ1) is 22.1. The summed E-state index contributed by atoms with van der Waals surface area (Å²) in [6, 6.07) is 8.47. The number of hydrogen-bond acceptors (Lipinski definition) is 2. The molecule has 0 radical (unpaired) electrons. The van der Waals surface area contributed by atoms with E-state index in [1.165, 1.54) is 13.3 Å². The molecule has 132 valence electrons. The molecular weight excluding hydrogens is 322 g/mol. The molecule has 24 heavy (non-hydrogen) atoms. The van der Waals surface area contributed by atoms with E-state index in [0.29, 0.717) is 22.0 Å². The monoisotopic (exact) mass is 349 g/mol. The Morgan fingerprint density at radius 1 is 1.08 bits per heavy atom. The zero-order chi connectivity index (χ0) is 18.9. The van der Waals surface area contributed by atoms with Gasteiger partial charge in [-0.2, -0.15) is 0 Å². The summed E-state index contributed by atoms with van der Waals surface area (Å²) < 4.78 is 1.65. The highest BCUT2D eigenvalue weighted by Crippen LogP contribution is 2.19. The highest BCUT2D eigenvalue weighted by Gasteiger charge is 2.19. The molecule has 0 bridgehead atoms. The van der Waals surface area contributed by atoms with Gasteiger partial charge in [-0.15, -0.1) is 0 Å². The fraction of sp³-hybridized carbons (Fsp3) is 0.400. The molecule has 4 heteroatoms. The van der Waals surface area contributed by atoms with E-state index in [2.05, 4.69) is 13.8 Å². The topological polar surface area (TPSA) is 39.1 Å². The third-order valence-corrected chi connectivity index (χ3v) is 3.36. The molecule has 1 aromatic heterocycles. The number of aromatic nitrogens is 1. The van der Waals surface area contributed by atoms with Gasteiger partial charge in [0.15, 0.2) is 5.78 Å². The predicted octanol–water partition coefficient (Wildman–Crippen LogP) is 5.86. The number of rotatable bonds is 3. The first-order valence-electron chi connectivity index (χ1n) is 8.30. The van der Waals surface area contributed by atoms with Gasteiger partial charge in [0.05, 0.1) is 11.4 Å². The summed E-state index contributed by atoms with van der Waals surface area (Å²) in [7, 11) is 1.73. The van der Waals surface area contributed by atoms with Gasteiger partial charge in [-0.3, -0.25) is 9.59 Å². The summed E-state index contributed by atoms with van der Waals surface area (Å²) in [4.78, 5) is 23.9. The molecule has 0 fully saturated rings. The third-order valence-electron chi connectivity index (χ3n) is 3.11. The van der Waals surface area contributed by atoms with Crippen molar-refractivity contribution in [3.63, 3.8) is 0 Å². The van der Waals surface area contributed by atoms with Crippen LogP contribution >= 0.6 is 11.6 Å². The van der Waals surface area contributed by atoms with E-state index in [1.54, 1.807) is 41.9 Å². The van der Waals surface area contributed by atoms with Gasteiger partial charge in [0.2, 0.25) is 5.78 Å². The van der Waals surface area contributed by atoms with E-state index in [4.69, 9.17) is 11.6 Å². The maximum absolute atomic E-state index is 12.5. The molecule has 0 atom stereocenters. The minimum atomic E-state index is -0.107. The lowest BCUT2D eigenvalue weighted by molar-refractivity contribution is 0.100. The van der Waals surface area contributed by atoms with Crippen molar-refractivity contribution in [2.24, 2.45) is 7.05 Å². The van der Waals surface area contributed by atoms with Crippen LogP contribution in [0.5, 0.6) is 0 Å². The largest absolute Gasteiger partial charge is 0.338 e. The van der Waals surface area contributed by atoms with E-state index < -0.39 is 0 Å². The molecule has 3 nitrogen and oxygen atoms in total. The summed E-state index contributed by atoms with van der Waals surface area (Å²) in [5, 5.41) is 0.588. The molecule has 2 rings (SSSR count). The van der Waals surface area contributed by atoms with E-state index >= 15 is 0 Å². The summed E-state index contributed by atoms with van der Waals surface area (Å²) in [6.45, 7) is 11.6. The Bertz CT molecular complexity index is 670. The van der Waals surface area contributed by atoms with Crippen LogP contribution in [0.2, 0.25) is 5.02 Å². The molecule has 0 aliphatic carbocycles. The molecule has 0 aliphatic heterocycles. The minimum absolute atomic E-state index is 0.0549. The molecule has 2 aromatic rings. The Kier molecular flexibility index (Phi) is 9.98. The van der Waals surface area contributed by atoms with Crippen LogP contribution in [-0.4, -0.2) is 16.1 Å². The van der Waals surface area contributed by atoms with Gasteiger partial charge >= 0.3 is 0 Å². The van der Waals surface area contributed by atoms with Crippen molar-refractivity contribution in [2.75, 3.05) is 0 Å². The number of benzene rings is 1. The highest BCUT2D eigenvalue weighted by atomic mass is 35.5. The van der Waals surface area contributed by atoms with Crippen LogP contribution in [0.25, 0.3) is 0 Å². The van der Waals surface area contributed by atoms with Crippen molar-refractivity contribution < 1.29 is 9.59 Å². The van der Waals surface area contributed by atoms with Crippen LogP contribution in [0, 0.1) is 6.92 Å². The van der Waals surface area contributed by atoms with Crippen LogP contribution in [0.4, 0.5) is 0 Å². The number of carbonyl (C=O) groups is 2. The minimum Gasteiger partial charge on any atom is -0.338 e. The van der Waals surface area contributed by atoms with Crippen LogP contribution in [0.15, 0.2) is 30.3 Å². The zero-order valence-corrected chi connectivity index (χ0v) is 16.5. The molecule has 0 saturated heterocycles. The van der Waals surface area contributed by atoms with Crippen LogP contribution < -0.4 is 0 Å². The molecule has 0 aliphatic rings. The number of nitrogens with zero attached hydrogens (tertiary/aromatic N) is 1. The predicted molar refractivity (Wildman–Crippen MR) is 102 cm³/mol. The lowest BCUT2D eigenvalue weighted by Crippen LogP contribution is -2.11. The number of Topliss-reactive ketones (excluding diaryl/α,β-unsaturated/α-hetero) is 1. The fourth-order valence-corrected chi connectivity index (χ4v) is 2.29. The molecule has 0 spiro atoms. The number of hydrogen-bond donors (Lipinski definition) is 0. The van der Waals surface area contributed by atoms with Crippen molar-refractivity contribution in [3.8, 4) is 0 Å². The Balaban J connectivity index is 0.000000952. The Labute approximate surface area is 150 Å². The molecule has 1 heterocycles. The summed E-state index contributed by atoms with van der Waals surface area (Å²) >= 11 is 5.81. The van der Waals surface area contributed by atoms with Gasteiger partial charge in [0.25, 0.3) is 0 Å². The summed E-state index contributed by atoms with van der Waals surface area (Å²) in [6.07, 6.45) is 1.25. The maximum atomic E-state index is 12.5. The second-order valence-electron chi connectivity index (χ2n) is 5.22. The van der Waals surface area contributed by atoms with Crippen molar-refractivity contribution >= 4 is 23.2 Å². The maximum Gasteiger partial charge on any atom is 0.209 e. The lowest BCUT2D eigenvalue weighted by atomic mass is 10.1. The Hall–Kier alpha value is -1.87. The normalized spacial score (nSPS) is 9.33. The zero-order valence-electron chi connectivity index (χ0n) is 15.7. The second-order valence-corrected chi connectivity index (χ2v) is 5.66. The number of ketones is 2. The first-order valence-corrected chi connectivity index (χ1v) is 8.68. The standard InChI is InChI=1S/C15H14ClNO2.C3H8.C2H6/c1-9-8-13(10(2)18)17(3)14(9)15(19)11-4-6-12(16)7-5-11;1-3-2;1-2/h4-8H,1-3H3;3H2,1-2H3;1-2H3. The van der Waals surface area contributed by atoms with Gasteiger partial charge in [0.1, 0.15) is 0 Å². The Morgan fingerprint density at radius 3 is 1.92 bits per heavy atom. The second kappa shape index (κ2) is 10.8. The van der Waals surface area contributed by atoms with Gasteiger partial charge in [-0.25, -0.2) is 0 Å². The first-order chi connectivity index (χ1) is 11.3. The van der Waals surface area contributed by atoms with Gasteiger partial charge in [-0.1, -0.05) is 45.7 Å². The SMILES string of the molecule is CC.CC(=O)c1cc(C)c(C(=O)c2ccc(Cl)cc2)n1C.CCC. The van der Waals surface area contributed by atoms with Gasteiger partial charge in [0, 0.05) is 24.6 Å². The van der Waals surface area contributed by atoms with Crippen LogP contribution in [-0.2, 0) is 7.05 Å². The number of aryl methyl sites for hydroxylation is 1. The lowest BCUT2D eigenvalue weighted by Gasteiger charge is -2.06.